The van der Waals surface area contributed by atoms with Crippen LogP contribution in [0.2, 0.25) is 5.02 Å². The second kappa shape index (κ2) is 12.8. The van der Waals surface area contributed by atoms with Gasteiger partial charge >= 0.3 is 0 Å². The molecule has 0 bridgehead atoms. The summed E-state index contributed by atoms with van der Waals surface area (Å²) in [4.78, 5) is 8.66. The third-order valence-electron chi connectivity index (χ3n) is 5.57. The molecule has 0 atom stereocenters. The van der Waals surface area contributed by atoms with Gasteiger partial charge in [-0.25, -0.2) is 14.4 Å². The molecule has 0 fully saturated rings. The number of fused-ring (bicyclic) bond motifs is 1. The zero-order valence-corrected chi connectivity index (χ0v) is 21.3. The maximum absolute atomic E-state index is 13.6. The summed E-state index contributed by atoms with van der Waals surface area (Å²) in [6, 6.07) is 11.3. The SMILES string of the molecule is C=CCCCCCCC#Cc1ccc(Oc2cc3c(Nc4ccc(F)c(Cl)c4)ncnc3cc2OC)o1. The van der Waals surface area contributed by atoms with E-state index in [0.717, 1.165) is 25.7 Å². The van der Waals surface area contributed by atoms with Crippen LogP contribution in [0, 0.1) is 17.7 Å². The predicted octanol–water partition coefficient (Wildman–Crippen LogP) is 8.44. The number of nitrogens with one attached hydrogen (secondary N) is 1. The highest BCUT2D eigenvalue weighted by atomic mass is 35.5. The van der Waals surface area contributed by atoms with E-state index in [4.69, 9.17) is 25.5 Å². The van der Waals surface area contributed by atoms with Gasteiger partial charge in [0.1, 0.15) is 18.0 Å². The standard InChI is InChI=1S/C29H27ClFN3O3/c1-3-4-5-6-7-8-9-10-11-21-13-15-28(36-21)37-27-17-22-25(18-26(27)35-2)32-19-33-29(22)34-20-12-14-24(31)23(30)16-20/h3,12-19H,1,4-9H2,2H3,(H,32,33,34). The second-order valence-corrected chi connectivity index (χ2v) is 8.67. The van der Waals surface area contributed by atoms with E-state index in [1.165, 1.54) is 31.3 Å². The number of rotatable bonds is 11. The Morgan fingerprint density at radius 3 is 2.76 bits per heavy atom. The second-order valence-electron chi connectivity index (χ2n) is 8.26. The number of benzene rings is 2. The molecule has 37 heavy (non-hydrogen) atoms. The molecule has 0 spiro atoms. The molecular weight excluding hydrogens is 493 g/mol. The minimum atomic E-state index is -0.498. The van der Waals surface area contributed by atoms with Gasteiger partial charge in [0.2, 0.25) is 0 Å². The summed E-state index contributed by atoms with van der Waals surface area (Å²) in [5, 5.41) is 3.82. The lowest BCUT2D eigenvalue weighted by Crippen LogP contribution is -1.98. The van der Waals surface area contributed by atoms with Crippen LogP contribution in [0.5, 0.6) is 17.4 Å². The molecule has 2 heterocycles. The number of allylic oxidation sites excluding steroid dienone is 1. The zero-order valence-electron chi connectivity index (χ0n) is 20.5. The highest BCUT2D eigenvalue weighted by Gasteiger charge is 2.14. The molecule has 0 aliphatic heterocycles. The van der Waals surface area contributed by atoms with Crippen molar-refractivity contribution in [1.29, 1.82) is 0 Å². The van der Waals surface area contributed by atoms with Crippen LogP contribution < -0.4 is 14.8 Å². The molecule has 0 saturated carbocycles. The summed E-state index contributed by atoms with van der Waals surface area (Å²) in [5.41, 5.74) is 1.21. The molecule has 2 aromatic heterocycles. The Morgan fingerprint density at radius 1 is 1.08 bits per heavy atom. The van der Waals surface area contributed by atoms with Gasteiger partial charge in [0.15, 0.2) is 17.3 Å². The lowest BCUT2D eigenvalue weighted by Gasteiger charge is -2.13. The number of ether oxygens (including phenoxy) is 2. The van der Waals surface area contributed by atoms with Crippen LogP contribution >= 0.6 is 11.6 Å². The van der Waals surface area contributed by atoms with Crippen molar-refractivity contribution < 1.29 is 18.3 Å². The van der Waals surface area contributed by atoms with Crippen molar-refractivity contribution >= 4 is 34.0 Å². The fourth-order valence-electron chi connectivity index (χ4n) is 3.67. The molecule has 8 heteroatoms. The van der Waals surface area contributed by atoms with E-state index in [2.05, 4.69) is 33.7 Å². The van der Waals surface area contributed by atoms with Gasteiger partial charge in [-0.15, -0.1) is 6.58 Å². The van der Waals surface area contributed by atoms with Gasteiger partial charge in [-0.2, -0.15) is 0 Å². The molecule has 0 unspecified atom stereocenters. The molecule has 4 aromatic rings. The van der Waals surface area contributed by atoms with Crippen molar-refractivity contribution in [3.63, 3.8) is 0 Å². The Bertz CT molecular complexity index is 1440. The highest BCUT2D eigenvalue weighted by molar-refractivity contribution is 6.31. The number of methoxy groups -OCH3 is 1. The topological polar surface area (TPSA) is 69.4 Å². The molecule has 2 aromatic carbocycles. The van der Waals surface area contributed by atoms with Gasteiger partial charge in [-0.05, 0) is 55.5 Å². The number of anilines is 2. The Labute approximate surface area is 220 Å². The summed E-state index contributed by atoms with van der Waals surface area (Å²) in [5.74, 6) is 7.89. The van der Waals surface area contributed by atoms with Crippen molar-refractivity contribution in [3.8, 4) is 29.3 Å². The van der Waals surface area contributed by atoms with E-state index in [1.807, 2.05) is 6.08 Å². The average Bonchev–Trinajstić information content (AvgIpc) is 3.35. The lowest BCUT2D eigenvalue weighted by atomic mass is 10.1. The van der Waals surface area contributed by atoms with Gasteiger partial charge in [0.05, 0.1) is 17.6 Å². The zero-order chi connectivity index (χ0) is 26.0. The van der Waals surface area contributed by atoms with Crippen LogP contribution in [0.25, 0.3) is 10.9 Å². The first-order valence-corrected chi connectivity index (χ1v) is 12.4. The van der Waals surface area contributed by atoms with E-state index < -0.39 is 5.82 Å². The summed E-state index contributed by atoms with van der Waals surface area (Å²) >= 11 is 5.92. The van der Waals surface area contributed by atoms with Crippen LogP contribution in [0.15, 0.2) is 65.9 Å². The third-order valence-corrected chi connectivity index (χ3v) is 5.86. The van der Waals surface area contributed by atoms with Gasteiger partial charge in [-0.3, -0.25) is 0 Å². The van der Waals surface area contributed by atoms with Crippen LogP contribution in [-0.2, 0) is 0 Å². The summed E-state index contributed by atoms with van der Waals surface area (Å²) in [7, 11) is 1.55. The van der Waals surface area contributed by atoms with Gasteiger partial charge < -0.3 is 19.2 Å². The van der Waals surface area contributed by atoms with Crippen LogP contribution in [0.4, 0.5) is 15.9 Å². The van der Waals surface area contributed by atoms with Crippen molar-refractivity contribution in [2.24, 2.45) is 0 Å². The average molecular weight is 520 g/mol. The van der Waals surface area contributed by atoms with Gasteiger partial charge in [-0.1, -0.05) is 36.4 Å². The minimum Gasteiger partial charge on any atom is -0.493 e. The lowest BCUT2D eigenvalue weighted by molar-refractivity contribution is 0.321. The normalized spacial score (nSPS) is 10.6. The van der Waals surface area contributed by atoms with Crippen LogP contribution in [0.3, 0.4) is 0 Å². The van der Waals surface area contributed by atoms with Crippen molar-refractivity contribution in [1.82, 2.24) is 9.97 Å². The molecular formula is C29H27ClFN3O3. The predicted molar refractivity (Wildman–Crippen MR) is 144 cm³/mol. The quantitative estimate of drug-likeness (QED) is 0.122. The summed E-state index contributed by atoms with van der Waals surface area (Å²) in [6.07, 6.45) is 9.86. The third kappa shape index (κ3) is 7.02. The molecule has 0 saturated heterocycles. The van der Waals surface area contributed by atoms with Crippen LogP contribution in [-0.4, -0.2) is 17.1 Å². The van der Waals surface area contributed by atoms with Crippen molar-refractivity contribution in [3.05, 3.63) is 78.0 Å². The molecule has 190 valence electrons. The fourth-order valence-corrected chi connectivity index (χ4v) is 3.85. The molecule has 0 aliphatic carbocycles. The maximum atomic E-state index is 13.6. The van der Waals surface area contributed by atoms with Crippen molar-refractivity contribution in [2.75, 3.05) is 12.4 Å². The first-order chi connectivity index (χ1) is 18.1. The number of unbranched alkanes of at least 4 members (excludes halogenated alkanes) is 5. The Kier molecular flexibility index (Phi) is 9.01. The largest absolute Gasteiger partial charge is 0.493 e. The van der Waals surface area contributed by atoms with Crippen molar-refractivity contribution in [2.45, 2.75) is 38.5 Å². The first-order valence-electron chi connectivity index (χ1n) is 12.0. The molecule has 0 amide bonds. The molecule has 0 radical (unpaired) electrons. The number of furan rings is 1. The van der Waals surface area contributed by atoms with Gasteiger partial charge in [0.25, 0.3) is 5.95 Å². The minimum absolute atomic E-state index is 0.00861. The summed E-state index contributed by atoms with van der Waals surface area (Å²) < 4.78 is 30.8. The van der Waals surface area contributed by atoms with Gasteiger partial charge in [0, 0.05) is 29.6 Å². The number of aromatic nitrogens is 2. The maximum Gasteiger partial charge on any atom is 0.291 e. The first kappa shape index (κ1) is 26.1. The Balaban J connectivity index is 1.48. The van der Waals surface area contributed by atoms with E-state index in [0.29, 0.717) is 39.7 Å². The van der Waals surface area contributed by atoms with E-state index in [1.54, 1.807) is 37.4 Å². The molecule has 6 nitrogen and oxygen atoms in total. The van der Waals surface area contributed by atoms with E-state index in [-0.39, 0.29) is 11.0 Å². The molecule has 1 N–H and O–H groups in total. The van der Waals surface area contributed by atoms with E-state index >= 15 is 0 Å². The number of halogens is 2. The molecule has 4 rings (SSSR count). The Morgan fingerprint density at radius 2 is 1.95 bits per heavy atom. The number of nitrogens with zero attached hydrogens (tertiary/aromatic N) is 2. The summed E-state index contributed by atoms with van der Waals surface area (Å²) in [6.45, 7) is 3.74. The smallest absolute Gasteiger partial charge is 0.291 e. The highest BCUT2D eigenvalue weighted by Crippen LogP contribution is 2.38. The Hall–Kier alpha value is -4.02. The fraction of sp³-hybridized carbons (Fsp3) is 0.241. The number of hydrogen-bond acceptors (Lipinski definition) is 6. The van der Waals surface area contributed by atoms with E-state index in [9.17, 15) is 4.39 Å². The molecule has 0 aliphatic rings. The number of hydrogen-bond donors (Lipinski definition) is 1. The van der Waals surface area contributed by atoms with Crippen LogP contribution in [0.1, 0.15) is 44.3 Å². The monoisotopic (exact) mass is 519 g/mol.